The van der Waals surface area contributed by atoms with Gasteiger partial charge in [0.1, 0.15) is 23.4 Å². The molecule has 11 heteroatoms. The summed E-state index contributed by atoms with van der Waals surface area (Å²) >= 11 is 0. The Hall–Kier alpha value is -5.36. The number of carbonyl (C=O) groups excluding carboxylic acids is 1. The number of benzene rings is 4. The summed E-state index contributed by atoms with van der Waals surface area (Å²) in [7, 11) is 1.02. The van der Waals surface area contributed by atoms with E-state index in [1.54, 1.807) is 32.7 Å². The zero-order valence-corrected chi connectivity index (χ0v) is 33.4. The van der Waals surface area contributed by atoms with E-state index >= 15 is 0 Å². The summed E-state index contributed by atoms with van der Waals surface area (Å²) in [6.45, 7) is 11.3. The van der Waals surface area contributed by atoms with Crippen LogP contribution in [0, 0.1) is 6.42 Å². The minimum atomic E-state index is -2.32. The van der Waals surface area contributed by atoms with Crippen LogP contribution >= 0.6 is 0 Å². The number of aromatic nitrogens is 4. The number of hydrogen-bond donors (Lipinski definition) is 1. The van der Waals surface area contributed by atoms with E-state index in [9.17, 15) is 4.79 Å². The van der Waals surface area contributed by atoms with Gasteiger partial charge < -0.3 is 28.5 Å². The first kappa shape index (κ1) is 37.9. The number of nitrogens with one attached hydrogen (secondary N) is 1. The van der Waals surface area contributed by atoms with E-state index in [0.717, 1.165) is 28.2 Å². The minimum Gasteiger partial charge on any atom is -0.497 e. The van der Waals surface area contributed by atoms with Crippen LogP contribution in [0.1, 0.15) is 60.3 Å². The molecule has 1 aliphatic carbocycles. The van der Waals surface area contributed by atoms with Crippen LogP contribution in [-0.2, 0) is 14.8 Å². The Morgan fingerprint density at radius 1 is 0.764 bits per heavy atom. The lowest BCUT2D eigenvalue weighted by Crippen LogP contribution is -2.48. The van der Waals surface area contributed by atoms with Crippen LogP contribution in [0.15, 0.2) is 122 Å². The SMILES string of the molecule is COc1ccc(C(O[C@H]2C[C@H](n3cnc4c(NC(=O)c5ccccc5)ncnc43)[CH][C@H]2O[Si](C)(C)C(C)(C)C)(c2ccccc2)c2ccc(OC)cc2)cc1. The zero-order valence-electron chi connectivity index (χ0n) is 32.4. The topological polar surface area (TPSA) is 110 Å². The summed E-state index contributed by atoms with van der Waals surface area (Å²) in [5, 5.41) is 2.89. The maximum absolute atomic E-state index is 13.1. The normalized spacial score (nSPS) is 17.6. The lowest BCUT2D eigenvalue weighted by atomic mass is 9.79. The Morgan fingerprint density at radius 3 is 1.89 bits per heavy atom. The molecule has 283 valence electrons. The van der Waals surface area contributed by atoms with Gasteiger partial charge in [-0.2, -0.15) is 0 Å². The average molecular weight is 755 g/mol. The van der Waals surface area contributed by atoms with E-state index in [-0.39, 0.29) is 23.1 Å². The maximum atomic E-state index is 13.1. The summed E-state index contributed by atoms with van der Waals surface area (Å²) in [5.41, 5.74) is 3.44. The number of methoxy groups -OCH3 is 2. The molecule has 3 atom stereocenters. The predicted octanol–water partition coefficient (Wildman–Crippen LogP) is 9.01. The predicted molar refractivity (Wildman–Crippen MR) is 217 cm³/mol. The molecule has 2 aromatic heterocycles. The van der Waals surface area contributed by atoms with E-state index in [4.69, 9.17) is 23.6 Å². The minimum absolute atomic E-state index is 0.0489. The van der Waals surface area contributed by atoms with Gasteiger partial charge in [0.2, 0.25) is 0 Å². The number of anilines is 1. The highest BCUT2D eigenvalue weighted by Gasteiger charge is 2.49. The molecule has 4 aromatic carbocycles. The lowest BCUT2D eigenvalue weighted by Gasteiger charge is -2.43. The Balaban J connectivity index is 1.32. The second kappa shape index (κ2) is 15.4. The number of imidazole rings is 1. The molecule has 1 N–H and O–H groups in total. The van der Waals surface area contributed by atoms with E-state index in [0.29, 0.717) is 29.0 Å². The molecule has 10 nitrogen and oxygen atoms in total. The summed E-state index contributed by atoms with van der Waals surface area (Å²) in [5.74, 6) is 1.58. The molecule has 0 unspecified atom stereocenters. The maximum Gasteiger partial charge on any atom is 0.256 e. The van der Waals surface area contributed by atoms with Gasteiger partial charge in [-0.15, -0.1) is 0 Å². The third-order valence-electron chi connectivity index (χ3n) is 11.0. The van der Waals surface area contributed by atoms with Crippen molar-refractivity contribution >= 4 is 31.2 Å². The molecule has 1 saturated carbocycles. The zero-order chi connectivity index (χ0) is 38.8. The smallest absolute Gasteiger partial charge is 0.256 e. The van der Waals surface area contributed by atoms with Crippen LogP contribution in [0.4, 0.5) is 5.82 Å². The summed E-state index contributed by atoms with van der Waals surface area (Å²) in [4.78, 5) is 26.9. The quantitative estimate of drug-likeness (QED) is 0.0974. The van der Waals surface area contributed by atoms with Gasteiger partial charge in [0.15, 0.2) is 25.3 Å². The fraction of sp³-hybridized carbons (Fsp3) is 0.295. The second-order valence-corrected chi connectivity index (χ2v) is 20.1. The molecule has 1 fully saturated rings. The van der Waals surface area contributed by atoms with Crippen molar-refractivity contribution < 1.29 is 23.4 Å². The van der Waals surface area contributed by atoms with Gasteiger partial charge in [0.25, 0.3) is 5.91 Å². The molecular formula is C44H48N5O5Si. The molecule has 1 aliphatic rings. The van der Waals surface area contributed by atoms with Crippen molar-refractivity contribution in [2.45, 2.75) is 69.2 Å². The van der Waals surface area contributed by atoms with E-state index < -0.39 is 20.0 Å². The van der Waals surface area contributed by atoms with Crippen LogP contribution in [0.3, 0.4) is 0 Å². The van der Waals surface area contributed by atoms with Crippen LogP contribution in [-0.4, -0.2) is 60.2 Å². The lowest BCUT2D eigenvalue weighted by molar-refractivity contribution is -0.0809. The van der Waals surface area contributed by atoms with Crippen molar-refractivity contribution in [2.75, 3.05) is 19.5 Å². The van der Waals surface area contributed by atoms with Crippen LogP contribution in [0.5, 0.6) is 11.5 Å². The van der Waals surface area contributed by atoms with Crippen molar-refractivity contribution in [1.82, 2.24) is 19.5 Å². The van der Waals surface area contributed by atoms with E-state index in [1.807, 2.05) is 65.2 Å². The molecule has 0 bridgehead atoms. The first-order chi connectivity index (χ1) is 26.4. The molecule has 1 radical (unpaired) electrons. The number of nitrogens with zero attached hydrogens (tertiary/aromatic N) is 4. The van der Waals surface area contributed by atoms with Gasteiger partial charge in [-0.3, -0.25) is 4.79 Å². The molecule has 0 spiro atoms. The molecule has 7 rings (SSSR count). The molecule has 2 heterocycles. The Kier molecular flexibility index (Phi) is 10.6. The van der Waals surface area contributed by atoms with Crippen molar-refractivity contribution in [3.8, 4) is 11.5 Å². The molecule has 1 amide bonds. The molecule has 0 aliphatic heterocycles. The highest BCUT2D eigenvalue weighted by atomic mass is 28.4. The molecular weight excluding hydrogens is 707 g/mol. The third-order valence-corrected chi connectivity index (χ3v) is 15.4. The Labute approximate surface area is 324 Å². The van der Waals surface area contributed by atoms with Crippen LogP contribution in [0.2, 0.25) is 18.1 Å². The van der Waals surface area contributed by atoms with Gasteiger partial charge in [0, 0.05) is 18.0 Å². The van der Waals surface area contributed by atoms with Crippen molar-refractivity contribution in [1.29, 1.82) is 0 Å². The number of fused-ring (bicyclic) bond motifs is 1. The first-order valence-corrected chi connectivity index (χ1v) is 21.4. The van der Waals surface area contributed by atoms with Gasteiger partial charge in [-0.25, -0.2) is 15.0 Å². The highest BCUT2D eigenvalue weighted by molar-refractivity contribution is 6.74. The fourth-order valence-corrected chi connectivity index (χ4v) is 8.22. The van der Waals surface area contributed by atoms with Crippen molar-refractivity contribution in [3.05, 3.63) is 151 Å². The number of amides is 1. The Bertz CT molecular complexity index is 2170. The van der Waals surface area contributed by atoms with Gasteiger partial charge in [-0.1, -0.05) is 93.6 Å². The van der Waals surface area contributed by atoms with E-state index in [1.165, 1.54) is 6.33 Å². The average Bonchev–Trinajstić information content (AvgIpc) is 3.81. The standard InChI is InChI=1S/C44H48N5O5Si/c1-43(2,3)55(6,7)54-38-27-34(49-29-47-39-40(45-28-46-41(39)49)48-42(50)30-14-10-8-11-15-30)26-37(38)53-44(31-16-12-9-13-17-31,32-18-22-35(51-4)23-19-32)33-20-24-36(52-5)25-21-33/h8-25,27-29,34,37-38H,26H2,1-7H3,(H,45,46,48,50)/t34-,37-,38+/m0/s1. The van der Waals surface area contributed by atoms with Crippen LogP contribution < -0.4 is 14.8 Å². The number of ether oxygens (including phenoxy) is 3. The van der Waals surface area contributed by atoms with Crippen LogP contribution in [0.25, 0.3) is 11.2 Å². The van der Waals surface area contributed by atoms with Gasteiger partial charge >= 0.3 is 0 Å². The van der Waals surface area contributed by atoms with Gasteiger partial charge in [-0.05, 0) is 77.6 Å². The molecule has 0 saturated heterocycles. The fourth-order valence-electron chi connectivity index (χ4n) is 6.96. The monoisotopic (exact) mass is 754 g/mol. The van der Waals surface area contributed by atoms with Crippen molar-refractivity contribution in [2.24, 2.45) is 0 Å². The summed E-state index contributed by atoms with van der Waals surface area (Å²) in [6, 6.07) is 35.3. The second-order valence-electron chi connectivity index (χ2n) is 15.4. The largest absolute Gasteiger partial charge is 0.497 e. The molecule has 6 aromatic rings. The number of hydrogen-bond acceptors (Lipinski definition) is 8. The first-order valence-electron chi connectivity index (χ1n) is 18.5. The third kappa shape index (κ3) is 7.52. The number of carbonyl (C=O) groups is 1. The van der Waals surface area contributed by atoms with Crippen molar-refractivity contribution in [3.63, 3.8) is 0 Å². The number of rotatable bonds is 12. The van der Waals surface area contributed by atoms with E-state index in [2.05, 4.69) is 92.0 Å². The summed E-state index contributed by atoms with van der Waals surface area (Å²) in [6.07, 6.45) is 5.25. The molecule has 55 heavy (non-hydrogen) atoms. The summed E-state index contributed by atoms with van der Waals surface area (Å²) < 4.78 is 28.2. The Morgan fingerprint density at radius 2 is 1.33 bits per heavy atom. The van der Waals surface area contributed by atoms with Gasteiger partial charge in [0.05, 0.1) is 32.8 Å². The highest BCUT2D eigenvalue weighted by Crippen LogP contribution is 2.48.